The number of alkyl carbamates (subject to hydrolysis) is 1. The first-order chi connectivity index (χ1) is 17.0. The summed E-state index contributed by atoms with van der Waals surface area (Å²) in [4.78, 5) is 37.0. The summed E-state index contributed by atoms with van der Waals surface area (Å²) in [5.41, 5.74) is 7.36. The second kappa shape index (κ2) is 16.1. The Bertz CT molecular complexity index is 894. The molecule has 0 spiro atoms. The molecule has 35 heavy (non-hydrogen) atoms. The Labute approximate surface area is 206 Å². The zero-order valence-corrected chi connectivity index (χ0v) is 19.9. The number of unbranched alkanes of at least 4 members (excludes halogenated alkanes) is 2. The van der Waals surface area contributed by atoms with E-state index in [0.29, 0.717) is 51.7 Å². The Balaban J connectivity index is 1.71. The third-order valence-corrected chi connectivity index (χ3v) is 5.31. The smallest absolute Gasteiger partial charge is 0.410 e. The van der Waals surface area contributed by atoms with Crippen molar-refractivity contribution in [2.75, 3.05) is 19.6 Å². The lowest BCUT2D eigenvalue weighted by Crippen LogP contribution is -2.34. The molecule has 0 radical (unpaired) electrons. The summed E-state index contributed by atoms with van der Waals surface area (Å²) >= 11 is 0. The largest absolute Gasteiger partial charge is 0.480 e. The molecule has 0 saturated carbocycles. The number of benzene rings is 2. The van der Waals surface area contributed by atoms with E-state index in [9.17, 15) is 14.4 Å². The SMILES string of the molecule is NC(CCCCN(CCCCNC(=O)OCc1ccccc1)C(=O)OCc1ccccc1)C(=O)O. The van der Waals surface area contributed by atoms with E-state index in [1.807, 2.05) is 60.7 Å². The summed E-state index contributed by atoms with van der Waals surface area (Å²) < 4.78 is 10.6. The molecule has 2 amide bonds. The van der Waals surface area contributed by atoms with Crippen LogP contribution in [0.1, 0.15) is 43.2 Å². The second-order valence-electron chi connectivity index (χ2n) is 8.16. The Morgan fingerprint density at radius 3 is 1.94 bits per heavy atom. The molecule has 9 nitrogen and oxygen atoms in total. The minimum absolute atomic E-state index is 0.175. The van der Waals surface area contributed by atoms with Crippen LogP contribution in [0, 0.1) is 0 Å². The number of nitrogens with zero attached hydrogens (tertiary/aromatic N) is 1. The van der Waals surface area contributed by atoms with Gasteiger partial charge in [-0.15, -0.1) is 0 Å². The fourth-order valence-electron chi connectivity index (χ4n) is 3.29. The minimum Gasteiger partial charge on any atom is -0.480 e. The van der Waals surface area contributed by atoms with Crippen molar-refractivity contribution in [2.24, 2.45) is 5.73 Å². The molecule has 1 unspecified atom stereocenters. The van der Waals surface area contributed by atoms with E-state index in [0.717, 1.165) is 11.1 Å². The molecule has 2 rings (SSSR count). The summed E-state index contributed by atoms with van der Waals surface area (Å²) in [5, 5.41) is 11.6. The molecule has 0 saturated heterocycles. The number of aliphatic carboxylic acids is 1. The maximum absolute atomic E-state index is 12.6. The maximum Gasteiger partial charge on any atom is 0.410 e. The Morgan fingerprint density at radius 1 is 0.829 bits per heavy atom. The normalized spacial score (nSPS) is 11.3. The van der Waals surface area contributed by atoms with Gasteiger partial charge in [-0.3, -0.25) is 4.79 Å². The van der Waals surface area contributed by atoms with E-state index >= 15 is 0 Å². The fourth-order valence-corrected chi connectivity index (χ4v) is 3.29. The van der Waals surface area contributed by atoms with Gasteiger partial charge < -0.3 is 30.5 Å². The molecule has 9 heteroatoms. The number of carboxylic acid groups (broad SMARTS) is 1. The van der Waals surface area contributed by atoms with Crippen molar-refractivity contribution in [3.63, 3.8) is 0 Å². The van der Waals surface area contributed by atoms with Gasteiger partial charge >= 0.3 is 18.2 Å². The zero-order chi connectivity index (χ0) is 25.3. The molecule has 0 bridgehead atoms. The molecule has 0 aliphatic rings. The van der Waals surface area contributed by atoms with Gasteiger partial charge in [0.05, 0.1) is 0 Å². The molecule has 2 aromatic rings. The van der Waals surface area contributed by atoms with E-state index in [4.69, 9.17) is 20.3 Å². The first-order valence-corrected chi connectivity index (χ1v) is 11.8. The average molecular weight is 486 g/mol. The molecule has 0 aliphatic heterocycles. The highest BCUT2D eigenvalue weighted by Crippen LogP contribution is 2.08. The summed E-state index contributed by atoms with van der Waals surface area (Å²) in [7, 11) is 0. The van der Waals surface area contributed by atoms with Crippen LogP contribution in [-0.2, 0) is 27.5 Å². The number of hydrogen-bond donors (Lipinski definition) is 3. The van der Waals surface area contributed by atoms with Gasteiger partial charge in [-0.25, -0.2) is 9.59 Å². The highest BCUT2D eigenvalue weighted by Gasteiger charge is 2.16. The van der Waals surface area contributed by atoms with E-state index in [1.165, 1.54) is 0 Å². The highest BCUT2D eigenvalue weighted by atomic mass is 16.6. The van der Waals surface area contributed by atoms with Crippen LogP contribution in [0.3, 0.4) is 0 Å². The van der Waals surface area contributed by atoms with Gasteiger partial charge in [0, 0.05) is 19.6 Å². The molecular weight excluding hydrogens is 450 g/mol. The van der Waals surface area contributed by atoms with Gasteiger partial charge in [0.1, 0.15) is 19.3 Å². The number of carboxylic acids is 1. The molecule has 1 atom stereocenters. The summed E-state index contributed by atoms with van der Waals surface area (Å²) in [6.07, 6.45) is 1.96. The topological polar surface area (TPSA) is 131 Å². The average Bonchev–Trinajstić information content (AvgIpc) is 2.88. The number of nitrogens with one attached hydrogen (secondary N) is 1. The van der Waals surface area contributed by atoms with Gasteiger partial charge in [-0.2, -0.15) is 0 Å². The standard InChI is InChI=1S/C26H35N3O6/c27-23(24(30)31)15-7-9-17-29(26(33)35-20-22-13-5-2-6-14-22)18-10-8-16-28-25(32)34-19-21-11-3-1-4-12-21/h1-6,11-14,23H,7-10,15-20,27H2,(H,28,32)(H,30,31). The molecule has 4 N–H and O–H groups in total. The first kappa shape index (κ1) is 27.7. The molecule has 0 aromatic heterocycles. The van der Waals surface area contributed by atoms with Gasteiger partial charge in [-0.05, 0) is 43.2 Å². The van der Waals surface area contributed by atoms with Crippen molar-refractivity contribution in [1.29, 1.82) is 0 Å². The number of ether oxygens (including phenoxy) is 2. The van der Waals surface area contributed by atoms with Gasteiger partial charge in [0.15, 0.2) is 0 Å². The minimum atomic E-state index is -1.03. The summed E-state index contributed by atoms with van der Waals surface area (Å²) in [6.45, 7) is 1.70. The number of carbonyl (C=O) groups is 3. The van der Waals surface area contributed by atoms with Crippen molar-refractivity contribution < 1.29 is 29.0 Å². The lowest BCUT2D eigenvalue weighted by Gasteiger charge is -2.22. The predicted octanol–water partition coefficient (Wildman–Crippen LogP) is 3.91. The van der Waals surface area contributed by atoms with Crippen molar-refractivity contribution in [3.05, 3.63) is 71.8 Å². The van der Waals surface area contributed by atoms with Crippen molar-refractivity contribution in [1.82, 2.24) is 10.2 Å². The van der Waals surface area contributed by atoms with Crippen molar-refractivity contribution in [3.8, 4) is 0 Å². The summed E-state index contributed by atoms with van der Waals surface area (Å²) in [6, 6.07) is 17.9. The lowest BCUT2D eigenvalue weighted by atomic mass is 10.1. The lowest BCUT2D eigenvalue weighted by molar-refractivity contribution is -0.138. The van der Waals surface area contributed by atoms with Crippen LogP contribution >= 0.6 is 0 Å². The Hall–Kier alpha value is -3.59. The molecule has 0 heterocycles. The van der Waals surface area contributed by atoms with Crippen LogP contribution in [0.4, 0.5) is 9.59 Å². The Morgan fingerprint density at radius 2 is 1.37 bits per heavy atom. The van der Waals surface area contributed by atoms with E-state index in [2.05, 4.69) is 5.32 Å². The Kier molecular flexibility index (Phi) is 12.7. The first-order valence-electron chi connectivity index (χ1n) is 11.8. The van der Waals surface area contributed by atoms with E-state index in [-0.39, 0.29) is 13.2 Å². The van der Waals surface area contributed by atoms with Gasteiger partial charge in [-0.1, -0.05) is 60.7 Å². The van der Waals surface area contributed by atoms with Gasteiger partial charge in [0.25, 0.3) is 0 Å². The molecular formula is C26H35N3O6. The number of hydrogen-bond acceptors (Lipinski definition) is 6. The monoisotopic (exact) mass is 485 g/mol. The number of amides is 2. The number of carbonyl (C=O) groups excluding carboxylic acids is 2. The van der Waals surface area contributed by atoms with E-state index < -0.39 is 24.2 Å². The summed E-state index contributed by atoms with van der Waals surface area (Å²) in [5.74, 6) is -1.03. The third-order valence-electron chi connectivity index (χ3n) is 5.31. The quantitative estimate of drug-likeness (QED) is 0.326. The van der Waals surface area contributed by atoms with Crippen LogP contribution < -0.4 is 11.1 Å². The second-order valence-corrected chi connectivity index (χ2v) is 8.16. The van der Waals surface area contributed by atoms with Crippen LogP contribution in [-0.4, -0.2) is 53.8 Å². The number of rotatable bonds is 15. The van der Waals surface area contributed by atoms with E-state index in [1.54, 1.807) is 4.90 Å². The highest BCUT2D eigenvalue weighted by molar-refractivity contribution is 5.73. The number of nitrogens with two attached hydrogens (primary N) is 1. The molecule has 2 aromatic carbocycles. The maximum atomic E-state index is 12.6. The van der Waals surface area contributed by atoms with Crippen molar-refractivity contribution in [2.45, 2.75) is 51.4 Å². The van der Waals surface area contributed by atoms with Crippen LogP contribution in [0.15, 0.2) is 60.7 Å². The zero-order valence-electron chi connectivity index (χ0n) is 19.9. The predicted molar refractivity (Wildman–Crippen MR) is 132 cm³/mol. The molecule has 0 fully saturated rings. The fraction of sp³-hybridized carbons (Fsp3) is 0.423. The molecule has 0 aliphatic carbocycles. The van der Waals surface area contributed by atoms with Crippen molar-refractivity contribution >= 4 is 18.2 Å². The van der Waals surface area contributed by atoms with Gasteiger partial charge in [0.2, 0.25) is 0 Å². The van der Waals surface area contributed by atoms with Crippen LogP contribution in [0.25, 0.3) is 0 Å². The van der Waals surface area contributed by atoms with Crippen LogP contribution in [0.5, 0.6) is 0 Å². The third kappa shape index (κ3) is 11.9. The molecule has 190 valence electrons. The van der Waals surface area contributed by atoms with Crippen LogP contribution in [0.2, 0.25) is 0 Å².